The van der Waals surface area contributed by atoms with Crippen molar-refractivity contribution in [2.75, 3.05) is 11.1 Å². The van der Waals surface area contributed by atoms with Gasteiger partial charge in [-0.25, -0.2) is 0 Å². The fourth-order valence-corrected chi connectivity index (χ4v) is 2.74. The lowest BCUT2D eigenvalue weighted by Crippen LogP contribution is -2.13. The number of hydrogen-bond donors (Lipinski definition) is 1. The lowest BCUT2D eigenvalue weighted by Gasteiger charge is -2.02. The van der Waals surface area contributed by atoms with E-state index in [0.29, 0.717) is 17.5 Å². The number of nitrogens with zero attached hydrogens (tertiary/aromatic N) is 2. The Balaban J connectivity index is 2.42. The molecule has 1 aromatic heterocycles. The zero-order chi connectivity index (χ0) is 12.0. The van der Waals surface area contributed by atoms with E-state index in [0.717, 1.165) is 16.5 Å². The summed E-state index contributed by atoms with van der Waals surface area (Å²) in [5.74, 6) is 1.41. The predicted molar refractivity (Wildman–Crippen MR) is 69.0 cm³/mol. The van der Waals surface area contributed by atoms with Gasteiger partial charge in [-0.2, -0.15) is 0 Å². The second-order valence-corrected chi connectivity index (χ2v) is 6.19. The number of aromatic nitrogens is 2. The van der Waals surface area contributed by atoms with Crippen molar-refractivity contribution in [1.29, 1.82) is 0 Å². The molecule has 0 aliphatic heterocycles. The molecular formula is C10H17N3OS2. The van der Waals surface area contributed by atoms with Gasteiger partial charge in [-0.1, -0.05) is 43.9 Å². The Morgan fingerprint density at radius 2 is 2.25 bits per heavy atom. The molecule has 4 nitrogen and oxygen atoms in total. The van der Waals surface area contributed by atoms with Crippen LogP contribution in [0, 0.1) is 5.92 Å². The van der Waals surface area contributed by atoms with Gasteiger partial charge in [0.15, 0.2) is 4.34 Å². The van der Waals surface area contributed by atoms with Crippen molar-refractivity contribution < 1.29 is 4.79 Å². The zero-order valence-corrected chi connectivity index (χ0v) is 11.5. The van der Waals surface area contributed by atoms with Gasteiger partial charge in [0.25, 0.3) is 0 Å². The summed E-state index contributed by atoms with van der Waals surface area (Å²) in [6.07, 6.45) is 1.64. The average Bonchev–Trinajstić information content (AvgIpc) is 2.61. The summed E-state index contributed by atoms with van der Waals surface area (Å²) in [6.45, 7) is 6.16. The normalized spacial score (nSPS) is 10.8. The highest BCUT2D eigenvalue weighted by Gasteiger charge is 2.09. The third-order valence-electron chi connectivity index (χ3n) is 1.68. The van der Waals surface area contributed by atoms with E-state index in [-0.39, 0.29) is 5.91 Å². The Bertz CT molecular complexity index is 339. The summed E-state index contributed by atoms with van der Waals surface area (Å²) < 4.78 is 0.918. The first-order valence-corrected chi connectivity index (χ1v) is 7.18. The highest BCUT2D eigenvalue weighted by atomic mass is 32.2. The number of hydrogen-bond acceptors (Lipinski definition) is 5. The first-order valence-electron chi connectivity index (χ1n) is 5.38. The minimum Gasteiger partial charge on any atom is -0.300 e. The van der Waals surface area contributed by atoms with Gasteiger partial charge in [-0.05, 0) is 12.3 Å². The lowest BCUT2D eigenvalue weighted by atomic mass is 10.1. The molecule has 1 N–H and O–H groups in total. The van der Waals surface area contributed by atoms with Crippen molar-refractivity contribution in [3.63, 3.8) is 0 Å². The van der Waals surface area contributed by atoms with Gasteiger partial charge in [0.1, 0.15) is 0 Å². The molecule has 0 bridgehead atoms. The summed E-state index contributed by atoms with van der Waals surface area (Å²) >= 11 is 3.11. The fraction of sp³-hybridized carbons (Fsp3) is 0.700. The van der Waals surface area contributed by atoms with Gasteiger partial charge in [0.05, 0.1) is 0 Å². The van der Waals surface area contributed by atoms with Gasteiger partial charge in [0.2, 0.25) is 11.0 Å². The third-order valence-corrected chi connectivity index (χ3v) is 3.85. The van der Waals surface area contributed by atoms with Crippen LogP contribution in [0.4, 0.5) is 5.13 Å². The largest absolute Gasteiger partial charge is 0.300 e. The van der Waals surface area contributed by atoms with Crippen LogP contribution in [-0.4, -0.2) is 21.9 Å². The molecule has 90 valence electrons. The molecule has 1 heterocycles. The standard InChI is InChI=1S/C10H17N3OS2/c1-4-5-15-10-13-12-9(16-10)11-8(14)6-7(2)3/h7H,4-6H2,1-3H3,(H,11,12,14). The molecule has 0 saturated carbocycles. The van der Waals surface area contributed by atoms with E-state index in [2.05, 4.69) is 22.4 Å². The van der Waals surface area contributed by atoms with Crippen LogP contribution >= 0.6 is 23.1 Å². The maximum Gasteiger partial charge on any atom is 0.226 e. The second-order valence-electron chi connectivity index (χ2n) is 3.87. The third kappa shape index (κ3) is 4.94. The van der Waals surface area contributed by atoms with E-state index in [1.165, 1.54) is 11.3 Å². The van der Waals surface area contributed by atoms with Gasteiger partial charge in [0, 0.05) is 12.2 Å². The molecule has 0 aliphatic rings. The van der Waals surface area contributed by atoms with Gasteiger partial charge in [-0.3, -0.25) is 4.79 Å². The van der Waals surface area contributed by atoms with Crippen LogP contribution in [0.15, 0.2) is 4.34 Å². The molecule has 0 atom stereocenters. The number of thioether (sulfide) groups is 1. The minimum absolute atomic E-state index is 0.0122. The summed E-state index contributed by atoms with van der Waals surface area (Å²) in [5.41, 5.74) is 0. The van der Waals surface area contributed by atoms with E-state index >= 15 is 0 Å². The topological polar surface area (TPSA) is 54.9 Å². The van der Waals surface area contributed by atoms with E-state index in [4.69, 9.17) is 0 Å². The van der Waals surface area contributed by atoms with Crippen LogP contribution in [0.3, 0.4) is 0 Å². The quantitative estimate of drug-likeness (QED) is 0.630. The number of amides is 1. The maximum atomic E-state index is 11.5. The summed E-state index contributed by atoms with van der Waals surface area (Å²) in [5, 5.41) is 11.3. The molecule has 6 heteroatoms. The van der Waals surface area contributed by atoms with E-state index in [9.17, 15) is 4.79 Å². The zero-order valence-electron chi connectivity index (χ0n) is 9.82. The van der Waals surface area contributed by atoms with Crippen molar-refractivity contribution >= 4 is 34.1 Å². The van der Waals surface area contributed by atoms with Crippen molar-refractivity contribution in [3.8, 4) is 0 Å². The molecule has 1 aromatic rings. The van der Waals surface area contributed by atoms with Crippen LogP contribution < -0.4 is 5.32 Å². The van der Waals surface area contributed by atoms with Crippen LogP contribution in [0.1, 0.15) is 33.6 Å². The van der Waals surface area contributed by atoms with Crippen LogP contribution in [0.5, 0.6) is 0 Å². The smallest absolute Gasteiger partial charge is 0.226 e. The molecule has 0 saturated heterocycles. The van der Waals surface area contributed by atoms with Crippen molar-refractivity contribution in [2.24, 2.45) is 5.92 Å². The van der Waals surface area contributed by atoms with Crippen LogP contribution in [0.25, 0.3) is 0 Å². The average molecular weight is 259 g/mol. The number of carbonyl (C=O) groups is 1. The first kappa shape index (κ1) is 13.4. The van der Waals surface area contributed by atoms with Gasteiger partial charge >= 0.3 is 0 Å². The Kier molecular flexibility index (Phi) is 5.76. The van der Waals surface area contributed by atoms with Crippen molar-refractivity contribution in [1.82, 2.24) is 10.2 Å². The highest BCUT2D eigenvalue weighted by Crippen LogP contribution is 2.25. The summed E-state index contributed by atoms with van der Waals surface area (Å²) in [7, 11) is 0. The minimum atomic E-state index is 0.0122. The molecule has 1 rings (SSSR count). The number of carbonyl (C=O) groups excluding carboxylic acids is 1. The molecular weight excluding hydrogens is 242 g/mol. The molecule has 1 amide bonds. The van der Waals surface area contributed by atoms with Gasteiger partial charge < -0.3 is 5.32 Å². The molecule has 0 radical (unpaired) electrons. The molecule has 16 heavy (non-hydrogen) atoms. The first-order chi connectivity index (χ1) is 7.61. The summed E-state index contributed by atoms with van der Waals surface area (Å²) in [4.78, 5) is 11.5. The molecule has 0 fully saturated rings. The van der Waals surface area contributed by atoms with Crippen LogP contribution in [-0.2, 0) is 4.79 Å². The van der Waals surface area contributed by atoms with E-state index < -0.39 is 0 Å². The molecule has 0 aliphatic carbocycles. The van der Waals surface area contributed by atoms with E-state index in [1.807, 2.05) is 13.8 Å². The number of anilines is 1. The number of rotatable bonds is 6. The SMILES string of the molecule is CCCSc1nnc(NC(=O)CC(C)C)s1. The molecule has 0 spiro atoms. The fourth-order valence-electron chi connectivity index (χ4n) is 1.05. The van der Waals surface area contributed by atoms with E-state index in [1.54, 1.807) is 11.8 Å². The Hall–Kier alpha value is -0.620. The Labute approximate surface area is 104 Å². The molecule has 0 unspecified atom stereocenters. The number of nitrogens with one attached hydrogen (secondary N) is 1. The Morgan fingerprint density at radius 3 is 2.88 bits per heavy atom. The van der Waals surface area contributed by atoms with Crippen LogP contribution in [0.2, 0.25) is 0 Å². The van der Waals surface area contributed by atoms with Crippen molar-refractivity contribution in [2.45, 2.75) is 38.0 Å². The van der Waals surface area contributed by atoms with Crippen molar-refractivity contribution in [3.05, 3.63) is 0 Å². The Morgan fingerprint density at radius 1 is 1.50 bits per heavy atom. The molecule has 0 aromatic carbocycles. The monoisotopic (exact) mass is 259 g/mol. The highest BCUT2D eigenvalue weighted by molar-refractivity contribution is 8.01. The second kappa shape index (κ2) is 6.85. The summed E-state index contributed by atoms with van der Waals surface area (Å²) in [6, 6.07) is 0. The lowest BCUT2D eigenvalue weighted by molar-refractivity contribution is -0.116. The predicted octanol–water partition coefficient (Wildman–Crippen LogP) is 3.02. The maximum absolute atomic E-state index is 11.5. The van der Waals surface area contributed by atoms with Gasteiger partial charge in [-0.15, -0.1) is 10.2 Å².